The van der Waals surface area contributed by atoms with Gasteiger partial charge in [-0.05, 0) is 24.3 Å². The summed E-state index contributed by atoms with van der Waals surface area (Å²) in [6.07, 6.45) is 2.13. The summed E-state index contributed by atoms with van der Waals surface area (Å²) in [4.78, 5) is 10.2. The van der Waals surface area contributed by atoms with Crippen molar-refractivity contribution in [3.05, 3.63) is 58.1 Å². The van der Waals surface area contributed by atoms with Crippen LogP contribution in [0.1, 0.15) is 18.5 Å². The Morgan fingerprint density at radius 2 is 2.08 bits per heavy atom. The molecule has 2 heterocycles. The van der Waals surface area contributed by atoms with Gasteiger partial charge >= 0.3 is 0 Å². The van der Waals surface area contributed by atoms with Crippen molar-refractivity contribution < 1.29 is 9.34 Å². The summed E-state index contributed by atoms with van der Waals surface area (Å²) >= 11 is 0. The number of hydrazone groups is 1. The molecule has 0 spiro atoms. The van der Waals surface area contributed by atoms with E-state index in [1.165, 1.54) is 23.0 Å². The highest BCUT2D eigenvalue weighted by molar-refractivity contribution is 5.78. The summed E-state index contributed by atoms with van der Waals surface area (Å²) in [5.41, 5.74) is 3.44. The molecule has 3 rings (SSSR count). The SMILES string of the molecule is CCc1nnc(N/N=C/c2ccc(-c3ccc([N+](=O)[O-])cc3)o2)n1N. The molecule has 0 radical (unpaired) electrons. The lowest BCUT2D eigenvalue weighted by Gasteiger charge is -2.00. The van der Waals surface area contributed by atoms with Gasteiger partial charge in [0.1, 0.15) is 11.5 Å². The van der Waals surface area contributed by atoms with E-state index in [1.54, 1.807) is 24.3 Å². The van der Waals surface area contributed by atoms with E-state index in [4.69, 9.17) is 10.3 Å². The average molecular weight is 341 g/mol. The van der Waals surface area contributed by atoms with E-state index in [1.807, 2.05) is 6.92 Å². The van der Waals surface area contributed by atoms with Crippen molar-refractivity contribution in [3.8, 4) is 11.3 Å². The number of non-ortho nitro benzene ring substituents is 1. The van der Waals surface area contributed by atoms with Gasteiger partial charge in [-0.15, -0.1) is 10.2 Å². The molecule has 3 aromatic rings. The Kier molecular flexibility index (Phi) is 4.42. The van der Waals surface area contributed by atoms with Crippen molar-refractivity contribution in [2.45, 2.75) is 13.3 Å². The minimum absolute atomic E-state index is 0.0265. The van der Waals surface area contributed by atoms with Crippen LogP contribution in [0.4, 0.5) is 11.6 Å². The smallest absolute Gasteiger partial charge is 0.269 e. The molecule has 25 heavy (non-hydrogen) atoms. The standard InChI is InChI=1S/C15H15N7O3/c1-2-14-18-20-15(21(14)16)19-17-9-12-7-8-13(25-12)10-3-5-11(6-4-10)22(23)24/h3-9H,2,16H2,1H3,(H,19,20)/b17-9+. The lowest BCUT2D eigenvalue weighted by molar-refractivity contribution is -0.384. The van der Waals surface area contributed by atoms with Crippen LogP contribution in [0.25, 0.3) is 11.3 Å². The van der Waals surface area contributed by atoms with Crippen LogP contribution >= 0.6 is 0 Å². The summed E-state index contributed by atoms with van der Waals surface area (Å²) in [5.74, 6) is 7.82. The molecule has 0 aliphatic rings. The molecule has 2 aromatic heterocycles. The van der Waals surface area contributed by atoms with Gasteiger partial charge in [-0.2, -0.15) is 5.10 Å². The molecule has 0 amide bonds. The van der Waals surface area contributed by atoms with E-state index in [0.29, 0.717) is 29.7 Å². The molecule has 0 atom stereocenters. The second kappa shape index (κ2) is 6.83. The van der Waals surface area contributed by atoms with E-state index < -0.39 is 4.92 Å². The van der Waals surface area contributed by atoms with Crippen molar-refractivity contribution in [3.63, 3.8) is 0 Å². The first kappa shape index (κ1) is 16.2. The molecule has 0 saturated heterocycles. The molecule has 0 aliphatic heterocycles. The van der Waals surface area contributed by atoms with E-state index in [9.17, 15) is 10.1 Å². The molecule has 1 aromatic carbocycles. The fraction of sp³-hybridized carbons (Fsp3) is 0.133. The minimum atomic E-state index is -0.449. The van der Waals surface area contributed by atoms with Gasteiger partial charge in [-0.25, -0.2) is 10.1 Å². The van der Waals surface area contributed by atoms with Crippen LogP contribution in [-0.2, 0) is 6.42 Å². The molecule has 0 saturated carbocycles. The van der Waals surface area contributed by atoms with Crippen LogP contribution in [0.15, 0.2) is 45.9 Å². The molecule has 0 fully saturated rings. The Labute approximate surface area is 142 Å². The molecule has 10 nitrogen and oxygen atoms in total. The van der Waals surface area contributed by atoms with Gasteiger partial charge in [0.25, 0.3) is 11.6 Å². The van der Waals surface area contributed by atoms with Gasteiger partial charge in [-0.1, -0.05) is 6.92 Å². The maximum absolute atomic E-state index is 10.7. The maximum atomic E-state index is 10.7. The van der Waals surface area contributed by atoms with Crippen LogP contribution in [0.2, 0.25) is 0 Å². The predicted molar refractivity (Wildman–Crippen MR) is 91.6 cm³/mol. The first-order valence-corrected chi connectivity index (χ1v) is 7.41. The molecular weight excluding hydrogens is 326 g/mol. The number of benzene rings is 1. The predicted octanol–water partition coefficient (Wildman–Crippen LogP) is 2.17. The number of nitrogens with one attached hydrogen (secondary N) is 1. The quantitative estimate of drug-likeness (QED) is 0.303. The summed E-state index contributed by atoms with van der Waals surface area (Å²) in [7, 11) is 0. The number of furan rings is 1. The number of nitrogens with zero attached hydrogens (tertiary/aromatic N) is 5. The van der Waals surface area contributed by atoms with Crippen molar-refractivity contribution >= 4 is 17.9 Å². The van der Waals surface area contributed by atoms with Crippen LogP contribution < -0.4 is 11.3 Å². The van der Waals surface area contributed by atoms with E-state index in [-0.39, 0.29) is 5.69 Å². The van der Waals surface area contributed by atoms with E-state index >= 15 is 0 Å². The largest absolute Gasteiger partial charge is 0.455 e. The van der Waals surface area contributed by atoms with Crippen molar-refractivity contribution in [1.82, 2.24) is 14.9 Å². The molecule has 10 heteroatoms. The molecule has 0 bridgehead atoms. The summed E-state index contributed by atoms with van der Waals surface area (Å²) in [5, 5.41) is 22.4. The molecule has 128 valence electrons. The fourth-order valence-electron chi connectivity index (χ4n) is 2.12. The third-order valence-corrected chi connectivity index (χ3v) is 3.43. The van der Waals surface area contributed by atoms with E-state index in [2.05, 4.69) is 20.7 Å². The Morgan fingerprint density at radius 3 is 2.72 bits per heavy atom. The average Bonchev–Trinajstić information content (AvgIpc) is 3.22. The monoisotopic (exact) mass is 341 g/mol. The zero-order valence-electron chi connectivity index (χ0n) is 13.3. The number of aromatic nitrogens is 3. The summed E-state index contributed by atoms with van der Waals surface area (Å²) in [6.45, 7) is 1.92. The Bertz CT molecular complexity index is 912. The van der Waals surface area contributed by atoms with Gasteiger partial charge in [0.2, 0.25) is 0 Å². The molecular formula is C15H15N7O3. The van der Waals surface area contributed by atoms with Crippen LogP contribution in [0.3, 0.4) is 0 Å². The van der Waals surface area contributed by atoms with Crippen molar-refractivity contribution in [2.75, 3.05) is 11.3 Å². The summed E-state index contributed by atoms with van der Waals surface area (Å²) in [6, 6.07) is 9.58. The number of rotatable bonds is 6. The van der Waals surface area contributed by atoms with Gasteiger partial charge in [-0.3, -0.25) is 10.1 Å². The summed E-state index contributed by atoms with van der Waals surface area (Å²) < 4.78 is 6.95. The number of aryl methyl sites for hydroxylation is 1. The number of nitro benzene ring substituents is 1. The molecule has 3 N–H and O–H groups in total. The Morgan fingerprint density at radius 1 is 1.32 bits per heavy atom. The zero-order chi connectivity index (χ0) is 17.8. The van der Waals surface area contributed by atoms with E-state index in [0.717, 1.165) is 5.56 Å². The number of nitro groups is 1. The first-order valence-electron chi connectivity index (χ1n) is 7.41. The van der Waals surface area contributed by atoms with Gasteiger partial charge in [0, 0.05) is 24.1 Å². The van der Waals surface area contributed by atoms with Gasteiger partial charge in [0.15, 0.2) is 5.82 Å². The third kappa shape index (κ3) is 3.47. The van der Waals surface area contributed by atoms with Crippen LogP contribution in [0, 0.1) is 10.1 Å². The highest BCUT2D eigenvalue weighted by atomic mass is 16.6. The Hall–Kier alpha value is -3.69. The second-order valence-electron chi connectivity index (χ2n) is 5.04. The highest BCUT2D eigenvalue weighted by Gasteiger charge is 2.08. The van der Waals surface area contributed by atoms with Crippen molar-refractivity contribution in [1.29, 1.82) is 0 Å². The second-order valence-corrected chi connectivity index (χ2v) is 5.04. The zero-order valence-corrected chi connectivity index (χ0v) is 13.3. The number of anilines is 1. The number of nitrogens with two attached hydrogens (primary N) is 1. The molecule has 0 aliphatic carbocycles. The lowest BCUT2D eigenvalue weighted by Crippen LogP contribution is -2.14. The van der Waals surface area contributed by atoms with Crippen LogP contribution in [0.5, 0.6) is 0 Å². The maximum Gasteiger partial charge on any atom is 0.269 e. The topological polar surface area (TPSA) is 137 Å². The first-order chi connectivity index (χ1) is 12.1. The van der Waals surface area contributed by atoms with Crippen molar-refractivity contribution in [2.24, 2.45) is 5.10 Å². The third-order valence-electron chi connectivity index (χ3n) is 3.43. The van der Waals surface area contributed by atoms with Crippen LogP contribution in [-0.4, -0.2) is 26.0 Å². The Balaban J connectivity index is 1.68. The minimum Gasteiger partial charge on any atom is -0.455 e. The molecule has 0 unspecified atom stereocenters. The number of hydrogen-bond acceptors (Lipinski definition) is 8. The highest BCUT2D eigenvalue weighted by Crippen LogP contribution is 2.24. The normalized spacial score (nSPS) is 11.1. The lowest BCUT2D eigenvalue weighted by atomic mass is 10.1. The number of nitrogen functional groups attached to an aromatic ring is 1. The van der Waals surface area contributed by atoms with Gasteiger partial charge in [0.05, 0.1) is 11.1 Å². The van der Waals surface area contributed by atoms with Gasteiger partial charge < -0.3 is 10.3 Å². The number of hydrogen-bond donors (Lipinski definition) is 2. The fourth-order valence-corrected chi connectivity index (χ4v) is 2.12.